The van der Waals surface area contributed by atoms with Crippen molar-refractivity contribution in [1.29, 1.82) is 0 Å². The fourth-order valence-corrected chi connectivity index (χ4v) is 3.29. The molecule has 0 unspecified atom stereocenters. The molecule has 8 nitrogen and oxygen atoms in total. The lowest BCUT2D eigenvalue weighted by Crippen LogP contribution is -2.39. The van der Waals surface area contributed by atoms with Crippen LogP contribution in [0.1, 0.15) is 18.5 Å². The van der Waals surface area contributed by atoms with Gasteiger partial charge < -0.3 is 19.6 Å². The minimum atomic E-state index is -4.56. The zero-order chi connectivity index (χ0) is 21.9. The number of aromatic hydroxyl groups is 1. The van der Waals surface area contributed by atoms with Gasteiger partial charge in [0.25, 0.3) is 0 Å². The third-order valence-electron chi connectivity index (χ3n) is 4.94. The van der Waals surface area contributed by atoms with Crippen LogP contribution in [-0.4, -0.2) is 82.6 Å². The van der Waals surface area contributed by atoms with E-state index >= 15 is 0 Å². The summed E-state index contributed by atoms with van der Waals surface area (Å²) >= 11 is 0. The van der Waals surface area contributed by atoms with E-state index in [0.29, 0.717) is 11.7 Å². The third kappa shape index (κ3) is 5.15. The molecule has 0 saturated carbocycles. The standard InChI is InChI=1S/C19H23F3N6O2/c1-23-14(10-28(3)12-5-8-27(2)9-6-12)16-15-13(4-7-24-16)17(29)26-18(25-15)30-11-19(20,21)22/h4,7,10,12H,1,5-6,8-9,11H2,2-3H3,(H,25,26,29)/b14-10-. The number of pyridine rings is 1. The minimum Gasteiger partial charge on any atom is -0.493 e. The average Bonchev–Trinajstić information content (AvgIpc) is 2.70. The van der Waals surface area contributed by atoms with Crippen molar-refractivity contribution in [3.8, 4) is 11.9 Å². The number of likely N-dealkylation sites (tertiary alicyclic amines) is 1. The maximum atomic E-state index is 12.5. The first-order chi connectivity index (χ1) is 14.2. The second-order valence-electron chi connectivity index (χ2n) is 7.16. The Kier molecular flexibility index (Phi) is 6.40. The Labute approximate surface area is 171 Å². The van der Waals surface area contributed by atoms with Gasteiger partial charge >= 0.3 is 12.2 Å². The molecule has 30 heavy (non-hydrogen) atoms. The molecule has 0 aromatic carbocycles. The molecule has 0 radical (unpaired) electrons. The van der Waals surface area contributed by atoms with Crippen molar-refractivity contribution < 1.29 is 23.0 Å². The quantitative estimate of drug-likeness (QED) is 0.714. The highest BCUT2D eigenvalue weighted by Crippen LogP contribution is 2.30. The lowest BCUT2D eigenvalue weighted by atomic mass is 10.0. The largest absolute Gasteiger partial charge is 0.493 e. The molecule has 1 N–H and O–H groups in total. The number of aliphatic imine (C=N–C) groups is 1. The van der Waals surface area contributed by atoms with Crippen molar-refractivity contribution in [2.45, 2.75) is 25.1 Å². The molecule has 11 heteroatoms. The number of halogens is 3. The van der Waals surface area contributed by atoms with Gasteiger partial charge in [-0.25, -0.2) is 0 Å². The summed E-state index contributed by atoms with van der Waals surface area (Å²) in [5.41, 5.74) is 0.760. The predicted octanol–water partition coefficient (Wildman–Crippen LogP) is 2.70. The van der Waals surface area contributed by atoms with Gasteiger partial charge in [0.15, 0.2) is 6.61 Å². The number of hydrogen-bond donors (Lipinski definition) is 1. The zero-order valence-corrected chi connectivity index (χ0v) is 16.7. The number of piperidine rings is 1. The van der Waals surface area contributed by atoms with Crippen LogP contribution in [0.3, 0.4) is 0 Å². The highest BCUT2D eigenvalue weighted by molar-refractivity contribution is 5.92. The normalized spacial score (nSPS) is 16.6. The van der Waals surface area contributed by atoms with Crippen LogP contribution in [0.15, 0.2) is 23.5 Å². The molecular weight excluding hydrogens is 401 g/mol. The molecule has 3 heterocycles. The van der Waals surface area contributed by atoms with Crippen molar-refractivity contribution in [3.63, 3.8) is 0 Å². The van der Waals surface area contributed by atoms with Crippen LogP contribution in [0.25, 0.3) is 16.6 Å². The van der Waals surface area contributed by atoms with Gasteiger partial charge in [0, 0.05) is 25.5 Å². The number of alkyl halides is 3. The number of fused-ring (bicyclic) bond motifs is 1. The highest BCUT2D eigenvalue weighted by atomic mass is 19.4. The van der Waals surface area contributed by atoms with Crippen molar-refractivity contribution in [1.82, 2.24) is 24.8 Å². The first-order valence-electron chi connectivity index (χ1n) is 9.32. The number of hydrogen-bond acceptors (Lipinski definition) is 8. The minimum absolute atomic E-state index is 0.123. The van der Waals surface area contributed by atoms with Crippen LogP contribution in [0.4, 0.5) is 13.2 Å². The number of aromatic nitrogens is 3. The van der Waals surface area contributed by atoms with E-state index in [1.54, 1.807) is 6.20 Å². The summed E-state index contributed by atoms with van der Waals surface area (Å²) in [4.78, 5) is 20.2. The van der Waals surface area contributed by atoms with Crippen LogP contribution < -0.4 is 4.74 Å². The maximum absolute atomic E-state index is 12.5. The number of rotatable bonds is 6. The Hall–Kier alpha value is -2.95. The Morgan fingerprint density at radius 2 is 2.10 bits per heavy atom. The zero-order valence-electron chi connectivity index (χ0n) is 16.7. The van der Waals surface area contributed by atoms with Gasteiger partial charge in [-0.1, -0.05) is 0 Å². The molecule has 0 bridgehead atoms. The second kappa shape index (κ2) is 8.82. The van der Waals surface area contributed by atoms with E-state index in [9.17, 15) is 18.3 Å². The molecule has 1 aliphatic heterocycles. The van der Waals surface area contributed by atoms with E-state index < -0.39 is 24.7 Å². The van der Waals surface area contributed by atoms with Gasteiger partial charge in [0.1, 0.15) is 16.9 Å². The van der Waals surface area contributed by atoms with Crippen LogP contribution >= 0.6 is 0 Å². The fourth-order valence-electron chi connectivity index (χ4n) is 3.29. The van der Waals surface area contributed by atoms with Crippen LogP contribution in [0, 0.1) is 0 Å². The molecule has 0 aliphatic carbocycles. The third-order valence-corrected chi connectivity index (χ3v) is 4.94. The van der Waals surface area contributed by atoms with Crippen molar-refractivity contribution in [2.24, 2.45) is 4.99 Å². The smallest absolute Gasteiger partial charge is 0.422 e. The average molecular weight is 424 g/mol. The summed E-state index contributed by atoms with van der Waals surface area (Å²) in [7, 11) is 4.00. The van der Waals surface area contributed by atoms with E-state index in [0.717, 1.165) is 25.9 Å². The van der Waals surface area contributed by atoms with E-state index in [2.05, 4.69) is 43.3 Å². The summed E-state index contributed by atoms with van der Waals surface area (Å²) in [6.07, 6.45) is 0.618. The SMILES string of the molecule is C=N/C(=C\N(C)C1CCN(C)CC1)c1nccc2c(O)nc(OCC(F)(F)F)nc12. The van der Waals surface area contributed by atoms with Crippen molar-refractivity contribution >= 4 is 23.3 Å². The van der Waals surface area contributed by atoms with E-state index in [4.69, 9.17) is 0 Å². The summed E-state index contributed by atoms with van der Waals surface area (Å²) in [6.45, 7) is 3.97. The molecule has 3 rings (SSSR count). The van der Waals surface area contributed by atoms with Gasteiger partial charge in [-0.2, -0.15) is 23.1 Å². The molecule has 1 saturated heterocycles. The Balaban J connectivity index is 1.96. The van der Waals surface area contributed by atoms with Crippen molar-refractivity contribution in [3.05, 3.63) is 24.2 Å². The molecule has 0 spiro atoms. The molecule has 1 aliphatic rings. The highest BCUT2D eigenvalue weighted by Gasteiger charge is 2.29. The summed E-state index contributed by atoms with van der Waals surface area (Å²) in [5, 5.41) is 10.4. The Morgan fingerprint density at radius 1 is 1.40 bits per heavy atom. The van der Waals surface area contributed by atoms with Crippen LogP contribution in [0.5, 0.6) is 11.9 Å². The fraction of sp³-hybridized carbons (Fsp3) is 0.474. The summed E-state index contributed by atoms with van der Waals surface area (Å²) in [5.74, 6) is -0.507. The maximum Gasteiger partial charge on any atom is 0.422 e. The molecule has 162 valence electrons. The van der Waals surface area contributed by atoms with Gasteiger partial charge in [-0.05, 0) is 45.8 Å². The Morgan fingerprint density at radius 3 is 2.73 bits per heavy atom. The molecular formula is C19H23F3N6O2. The number of ether oxygens (including phenoxy) is 1. The first-order valence-corrected chi connectivity index (χ1v) is 9.32. The lowest BCUT2D eigenvalue weighted by Gasteiger charge is -2.34. The monoisotopic (exact) mass is 424 g/mol. The second-order valence-corrected chi connectivity index (χ2v) is 7.16. The van der Waals surface area contributed by atoms with E-state index in [1.165, 1.54) is 12.3 Å². The summed E-state index contributed by atoms with van der Waals surface area (Å²) < 4.78 is 42.0. The van der Waals surface area contributed by atoms with Crippen molar-refractivity contribution in [2.75, 3.05) is 33.8 Å². The molecule has 2 aromatic rings. The van der Waals surface area contributed by atoms with Gasteiger partial charge in [-0.15, -0.1) is 0 Å². The van der Waals surface area contributed by atoms with Crippen LogP contribution in [-0.2, 0) is 0 Å². The predicted molar refractivity (Wildman–Crippen MR) is 106 cm³/mol. The van der Waals surface area contributed by atoms with Gasteiger partial charge in [0.05, 0.1) is 5.39 Å². The lowest BCUT2D eigenvalue weighted by molar-refractivity contribution is -0.154. The van der Waals surface area contributed by atoms with E-state index in [1.807, 2.05) is 11.9 Å². The Bertz CT molecular complexity index is 942. The van der Waals surface area contributed by atoms with Gasteiger partial charge in [0.2, 0.25) is 5.88 Å². The molecule has 2 aromatic heterocycles. The summed E-state index contributed by atoms with van der Waals surface area (Å²) in [6, 6.07) is 1.17. The first kappa shape index (κ1) is 21.8. The van der Waals surface area contributed by atoms with Gasteiger partial charge in [-0.3, -0.25) is 9.98 Å². The molecule has 0 amide bonds. The number of nitrogens with zero attached hydrogens (tertiary/aromatic N) is 6. The topological polar surface area (TPSA) is 87.0 Å². The molecule has 0 atom stereocenters. The van der Waals surface area contributed by atoms with E-state index in [-0.39, 0.29) is 16.6 Å². The van der Waals surface area contributed by atoms with Crippen LogP contribution in [0.2, 0.25) is 0 Å². The molecule has 1 fully saturated rings.